The van der Waals surface area contributed by atoms with Gasteiger partial charge in [-0.1, -0.05) is 31.5 Å². The van der Waals surface area contributed by atoms with Crippen molar-refractivity contribution in [3.05, 3.63) is 65.2 Å². The second kappa shape index (κ2) is 9.03. The molecule has 3 nitrogen and oxygen atoms in total. The molecule has 0 heterocycles. The Morgan fingerprint density at radius 1 is 1.07 bits per heavy atom. The molecule has 0 N–H and O–H groups in total. The maximum Gasteiger partial charge on any atom is 0.165 e. The lowest BCUT2D eigenvalue weighted by Crippen LogP contribution is -2.19. The second-order valence-electron chi connectivity index (χ2n) is 7.52. The monoisotopic (exact) mass is 408 g/mol. The third kappa shape index (κ3) is 5.77. The normalized spacial score (nSPS) is 15.4. The van der Waals surface area contributed by atoms with E-state index in [0.717, 1.165) is 19.3 Å². The lowest BCUT2D eigenvalue weighted by atomic mass is 9.93. The van der Waals surface area contributed by atoms with E-state index in [9.17, 15) is 17.2 Å². The average molecular weight is 409 g/mol. The van der Waals surface area contributed by atoms with Crippen molar-refractivity contribution in [2.24, 2.45) is 5.92 Å². The lowest BCUT2D eigenvalue weighted by Gasteiger charge is -2.19. The van der Waals surface area contributed by atoms with E-state index in [2.05, 4.69) is 0 Å². The van der Waals surface area contributed by atoms with Crippen LogP contribution in [0.4, 0.5) is 8.78 Å². The zero-order valence-corrected chi connectivity index (χ0v) is 16.9. The minimum Gasteiger partial charge on any atom is -0.490 e. The van der Waals surface area contributed by atoms with E-state index in [0.29, 0.717) is 30.1 Å². The molecule has 0 radical (unpaired) electrons. The van der Waals surface area contributed by atoms with E-state index in [-0.39, 0.29) is 23.1 Å². The summed E-state index contributed by atoms with van der Waals surface area (Å²) >= 11 is 0. The molecule has 1 fully saturated rings. The Balaban J connectivity index is 1.91. The van der Waals surface area contributed by atoms with Crippen molar-refractivity contribution >= 4 is 9.84 Å². The minimum absolute atomic E-state index is 0.105. The topological polar surface area (TPSA) is 43.4 Å². The summed E-state index contributed by atoms with van der Waals surface area (Å²) in [6.07, 6.45) is 3.57. The van der Waals surface area contributed by atoms with Crippen LogP contribution in [0.5, 0.6) is 5.75 Å². The van der Waals surface area contributed by atoms with E-state index in [4.69, 9.17) is 4.74 Å². The summed E-state index contributed by atoms with van der Waals surface area (Å²) in [5, 5.41) is 0. The molecule has 0 aromatic heterocycles. The SMILES string of the molecule is CCCCS(=O)(=O)CC(c1ccc(F)cc1)c1ccc(F)c(OCC2CC2)c1. The van der Waals surface area contributed by atoms with Gasteiger partial charge in [0.05, 0.1) is 18.1 Å². The fourth-order valence-corrected chi connectivity index (χ4v) is 4.91. The Kier molecular flexibility index (Phi) is 6.70. The van der Waals surface area contributed by atoms with Crippen molar-refractivity contribution in [2.45, 2.75) is 38.5 Å². The van der Waals surface area contributed by atoms with Crippen molar-refractivity contribution in [1.29, 1.82) is 0 Å². The first-order valence-corrected chi connectivity index (χ1v) is 11.6. The Bertz CT molecular complexity index is 890. The zero-order valence-electron chi connectivity index (χ0n) is 16.0. The van der Waals surface area contributed by atoms with Gasteiger partial charge in [0.25, 0.3) is 0 Å². The number of sulfone groups is 1. The molecule has 1 atom stereocenters. The number of benzene rings is 2. The fraction of sp³-hybridized carbons (Fsp3) is 0.455. The van der Waals surface area contributed by atoms with Gasteiger partial charge in [0.15, 0.2) is 21.4 Å². The first kappa shape index (κ1) is 20.8. The molecule has 0 amide bonds. The Morgan fingerprint density at radius 2 is 1.75 bits per heavy atom. The number of unbranched alkanes of at least 4 members (excludes halogenated alkanes) is 1. The molecule has 28 heavy (non-hydrogen) atoms. The molecule has 1 aliphatic rings. The molecular formula is C22H26F2O3S. The van der Waals surface area contributed by atoms with Crippen molar-refractivity contribution in [3.63, 3.8) is 0 Å². The maximum absolute atomic E-state index is 14.2. The van der Waals surface area contributed by atoms with Gasteiger partial charge in [-0.3, -0.25) is 0 Å². The van der Waals surface area contributed by atoms with E-state index < -0.39 is 21.6 Å². The summed E-state index contributed by atoms with van der Waals surface area (Å²) < 4.78 is 58.4. The highest BCUT2D eigenvalue weighted by atomic mass is 32.2. The molecule has 1 aliphatic carbocycles. The van der Waals surface area contributed by atoms with Gasteiger partial charge in [0.1, 0.15) is 5.82 Å². The largest absolute Gasteiger partial charge is 0.490 e. The van der Waals surface area contributed by atoms with Crippen LogP contribution in [0.2, 0.25) is 0 Å². The standard InChI is InChI=1S/C22H26F2O3S/c1-2-3-12-28(25,26)15-20(17-6-9-19(23)10-7-17)18-8-11-21(24)22(13-18)27-14-16-4-5-16/h6-11,13,16,20H,2-5,12,14-15H2,1H3. The van der Waals surface area contributed by atoms with Gasteiger partial charge in [-0.15, -0.1) is 0 Å². The quantitative estimate of drug-likeness (QED) is 0.549. The third-order valence-corrected chi connectivity index (χ3v) is 6.78. The molecule has 2 aromatic carbocycles. The van der Waals surface area contributed by atoms with E-state index >= 15 is 0 Å². The molecule has 6 heteroatoms. The predicted octanol–water partition coefficient (Wildman–Crippen LogP) is 5.10. The number of halogens is 2. The molecule has 1 saturated carbocycles. The van der Waals surface area contributed by atoms with Crippen molar-refractivity contribution in [1.82, 2.24) is 0 Å². The highest BCUT2D eigenvalue weighted by Crippen LogP contribution is 2.33. The second-order valence-corrected chi connectivity index (χ2v) is 9.75. The molecule has 1 unspecified atom stereocenters. The molecule has 3 rings (SSSR count). The van der Waals surface area contributed by atoms with Gasteiger partial charge in [-0.05, 0) is 60.6 Å². The molecule has 0 saturated heterocycles. The Morgan fingerprint density at radius 3 is 2.39 bits per heavy atom. The van der Waals surface area contributed by atoms with Crippen LogP contribution in [0.3, 0.4) is 0 Å². The van der Waals surface area contributed by atoms with Crippen LogP contribution in [0.15, 0.2) is 42.5 Å². The van der Waals surface area contributed by atoms with Gasteiger partial charge in [0.2, 0.25) is 0 Å². The molecule has 2 aromatic rings. The summed E-state index contributed by atoms with van der Waals surface area (Å²) in [7, 11) is -3.32. The van der Waals surface area contributed by atoms with Gasteiger partial charge in [0, 0.05) is 5.92 Å². The number of hydrogen-bond donors (Lipinski definition) is 0. The highest BCUT2D eigenvalue weighted by molar-refractivity contribution is 7.91. The van der Waals surface area contributed by atoms with Gasteiger partial charge in [-0.25, -0.2) is 17.2 Å². The highest BCUT2D eigenvalue weighted by Gasteiger charge is 2.25. The first-order valence-electron chi connectivity index (χ1n) is 9.76. The van der Waals surface area contributed by atoms with Gasteiger partial charge in [-0.2, -0.15) is 0 Å². The Labute approximate surface area is 165 Å². The van der Waals surface area contributed by atoms with Crippen LogP contribution >= 0.6 is 0 Å². The van der Waals surface area contributed by atoms with E-state index in [1.165, 1.54) is 18.2 Å². The van der Waals surface area contributed by atoms with Crippen molar-refractivity contribution < 1.29 is 21.9 Å². The molecule has 152 valence electrons. The third-order valence-electron chi connectivity index (χ3n) is 5.03. The molecule has 0 aliphatic heterocycles. The van der Waals surface area contributed by atoms with Crippen LogP contribution in [-0.2, 0) is 9.84 Å². The summed E-state index contributed by atoms with van der Waals surface area (Å²) in [4.78, 5) is 0. The summed E-state index contributed by atoms with van der Waals surface area (Å²) in [6, 6.07) is 10.3. The Hall–Kier alpha value is -1.95. The number of hydrogen-bond acceptors (Lipinski definition) is 3. The van der Waals surface area contributed by atoms with E-state index in [1.807, 2.05) is 6.92 Å². The number of ether oxygens (including phenoxy) is 1. The average Bonchev–Trinajstić information content (AvgIpc) is 3.49. The summed E-state index contributed by atoms with van der Waals surface area (Å²) in [5.74, 6) is -0.737. The maximum atomic E-state index is 14.2. The van der Waals surface area contributed by atoms with Crippen LogP contribution in [-0.4, -0.2) is 26.5 Å². The van der Waals surface area contributed by atoms with Crippen LogP contribution in [0.25, 0.3) is 0 Å². The minimum atomic E-state index is -3.32. The lowest BCUT2D eigenvalue weighted by molar-refractivity contribution is 0.285. The molecular weight excluding hydrogens is 382 g/mol. The van der Waals surface area contributed by atoms with E-state index in [1.54, 1.807) is 24.3 Å². The van der Waals surface area contributed by atoms with Gasteiger partial charge < -0.3 is 4.74 Å². The van der Waals surface area contributed by atoms with Gasteiger partial charge >= 0.3 is 0 Å². The zero-order chi connectivity index (χ0) is 20.1. The smallest absolute Gasteiger partial charge is 0.165 e. The molecule has 0 spiro atoms. The van der Waals surface area contributed by atoms with Crippen LogP contribution in [0, 0.1) is 17.6 Å². The van der Waals surface area contributed by atoms with Crippen molar-refractivity contribution in [2.75, 3.05) is 18.1 Å². The summed E-state index contributed by atoms with van der Waals surface area (Å²) in [5.41, 5.74) is 1.33. The molecule has 0 bridgehead atoms. The van der Waals surface area contributed by atoms with Crippen molar-refractivity contribution in [3.8, 4) is 5.75 Å². The summed E-state index contributed by atoms with van der Waals surface area (Å²) in [6.45, 7) is 2.41. The first-order chi connectivity index (χ1) is 13.4. The van der Waals surface area contributed by atoms with Crippen LogP contribution < -0.4 is 4.74 Å². The number of rotatable bonds is 10. The fourth-order valence-electron chi connectivity index (χ4n) is 3.12. The predicted molar refractivity (Wildman–Crippen MR) is 106 cm³/mol. The van der Waals surface area contributed by atoms with Crippen LogP contribution in [0.1, 0.15) is 49.7 Å².